The number of nitrogens with zero attached hydrogens (tertiary/aromatic N) is 3. The first-order chi connectivity index (χ1) is 21.4. The Morgan fingerprint density at radius 2 is 1.62 bits per heavy atom. The van der Waals surface area contributed by atoms with Gasteiger partial charge in [-0.1, -0.05) is 23.7 Å². The molecule has 13 nitrogen and oxygen atoms in total. The first-order valence-electron chi connectivity index (χ1n) is 13.6. The standard InChI is InChI=1S/C28H29ClF3N7O6/c1-3-44-23(42)21(40)33-14-20(22(41)43-2)34-18-8-10-19(11-9-18)35-24-36-25(38-26(37-24)45-15-28(30,31)32)39-27(12-13-27)16-4-6-17(29)7-5-16/h4-11,20,34H,3,12-15H2,1-2H3,(H,33,40)(H2,35,36,37,38,39)/t20-/m0/s1. The van der Waals surface area contributed by atoms with Gasteiger partial charge in [0.1, 0.15) is 6.04 Å². The number of aromatic nitrogens is 3. The molecule has 2 aromatic carbocycles. The summed E-state index contributed by atoms with van der Waals surface area (Å²) in [7, 11) is 1.17. The normalized spacial score (nSPS) is 14.0. The topological polar surface area (TPSA) is 166 Å². The maximum absolute atomic E-state index is 12.9. The van der Waals surface area contributed by atoms with E-state index in [-0.39, 0.29) is 25.0 Å². The van der Waals surface area contributed by atoms with Crippen molar-refractivity contribution in [2.45, 2.75) is 37.5 Å². The summed E-state index contributed by atoms with van der Waals surface area (Å²) in [4.78, 5) is 48.0. The van der Waals surface area contributed by atoms with Gasteiger partial charge in [0.15, 0.2) is 6.61 Å². The third kappa shape index (κ3) is 9.56. The lowest BCUT2D eigenvalue weighted by Gasteiger charge is -2.19. The van der Waals surface area contributed by atoms with Crippen LogP contribution >= 0.6 is 11.6 Å². The average Bonchev–Trinajstić information content (AvgIpc) is 3.78. The molecule has 0 aliphatic heterocycles. The molecule has 1 fully saturated rings. The molecule has 0 unspecified atom stereocenters. The van der Waals surface area contributed by atoms with Crippen LogP contribution in [0.1, 0.15) is 25.3 Å². The Hall–Kier alpha value is -4.86. The van der Waals surface area contributed by atoms with Crippen LogP contribution in [0, 0.1) is 0 Å². The molecule has 0 spiro atoms. The van der Waals surface area contributed by atoms with E-state index in [1.165, 1.54) is 7.11 Å². The molecule has 3 aromatic rings. The van der Waals surface area contributed by atoms with E-state index in [1.54, 1.807) is 43.3 Å². The molecule has 4 N–H and O–H groups in total. The van der Waals surface area contributed by atoms with Crippen LogP contribution in [0.25, 0.3) is 0 Å². The van der Waals surface area contributed by atoms with Crippen molar-refractivity contribution in [3.05, 3.63) is 59.1 Å². The zero-order chi connectivity index (χ0) is 32.6. The Bertz CT molecular complexity index is 1510. The molecule has 1 aromatic heterocycles. The fourth-order valence-electron chi connectivity index (χ4n) is 4.05. The van der Waals surface area contributed by atoms with Crippen LogP contribution in [0.4, 0.5) is 36.4 Å². The predicted octanol–water partition coefficient (Wildman–Crippen LogP) is 3.94. The summed E-state index contributed by atoms with van der Waals surface area (Å²) in [6.07, 6.45) is -3.15. The number of benzene rings is 2. The SMILES string of the molecule is CCOC(=O)C(=O)NC[C@H](Nc1ccc(Nc2nc(NC3(c4ccc(Cl)cc4)CC3)nc(OCC(F)(F)F)n2)cc1)C(=O)OC. The van der Waals surface area contributed by atoms with Crippen molar-refractivity contribution >= 4 is 52.7 Å². The second-order valence-corrected chi connectivity index (χ2v) is 10.2. The Labute approximate surface area is 260 Å². The van der Waals surface area contributed by atoms with Crippen molar-refractivity contribution in [1.29, 1.82) is 0 Å². The molecule has 0 saturated heterocycles. The number of amides is 1. The summed E-state index contributed by atoms with van der Waals surface area (Å²) in [6.45, 7) is -0.310. The zero-order valence-electron chi connectivity index (χ0n) is 24.0. The number of carbonyl (C=O) groups is 3. The lowest BCUT2D eigenvalue weighted by Crippen LogP contribution is -2.44. The van der Waals surface area contributed by atoms with Crippen LogP contribution in [0.2, 0.25) is 5.02 Å². The third-order valence-corrected chi connectivity index (χ3v) is 6.62. The Morgan fingerprint density at radius 3 is 2.22 bits per heavy atom. The summed E-state index contributed by atoms with van der Waals surface area (Å²) in [5.41, 5.74) is 1.26. The van der Waals surface area contributed by atoms with Crippen LogP contribution < -0.4 is 26.0 Å². The molecule has 45 heavy (non-hydrogen) atoms. The summed E-state index contributed by atoms with van der Waals surface area (Å²) >= 11 is 6.01. The van der Waals surface area contributed by atoms with Gasteiger partial charge in [0.05, 0.1) is 19.3 Å². The highest BCUT2D eigenvalue weighted by atomic mass is 35.5. The van der Waals surface area contributed by atoms with E-state index in [1.807, 2.05) is 12.1 Å². The molecular weight excluding hydrogens is 623 g/mol. The number of hydrogen-bond acceptors (Lipinski definition) is 12. The van der Waals surface area contributed by atoms with Gasteiger partial charge in [0.25, 0.3) is 0 Å². The average molecular weight is 652 g/mol. The van der Waals surface area contributed by atoms with E-state index in [9.17, 15) is 27.6 Å². The van der Waals surface area contributed by atoms with Gasteiger partial charge in [0.2, 0.25) is 11.9 Å². The molecule has 4 rings (SSSR count). The van der Waals surface area contributed by atoms with Crippen molar-refractivity contribution in [2.75, 3.05) is 42.8 Å². The van der Waals surface area contributed by atoms with Gasteiger partial charge in [-0.15, -0.1) is 0 Å². The lowest BCUT2D eigenvalue weighted by atomic mass is 10.1. The molecule has 17 heteroatoms. The highest BCUT2D eigenvalue weighted by molar-refractivity contribution is 6.32. The monoisotopic (exact) mass is 651 g/mol. The second-order valence-electron chi connectivity index (χ2n) is 9.74. The fraction of sp³-hybridized carbons (Fsp3) is 0.357. The van der Waals surface area contributed by atoms with E-state index >= 15 is 0 Å². The minimum atomic E-state index is -4.61. The van der Waals surface area contributed by atoms with Crippen molar-refractivity contribution in [3.8, 4) is 6.01 Å². The maximum atomic E-state index is 12.9. The molecule has 0 radical (unpaired) electrons. The number of ether oxygens (including phenoxy) is 3. The zero-order valence-corrected chi connectivity index (χ0v) is 24.8. The number of hydrogen-bond donors (Lipinski definition) is 4. The van der Waals surface area contributed by atoms with Crippen LogP contribution in [0.5, 0.6) is 6.01 Å². The maximum Gasteiger partial charge on any atom is 0.422 e. The predicted molar refractivity (Wildman–Crippen MR) is 156 cm³/mol. The summed E-state index contributed by atoms with van der Waals surface area (Å²) in [5.74, 6) is -2.90. The largest absolute Gasteiger partial charge is 0.467 e. The highest BCUT2D eigenvalue weighted by Gasteiger charge is 2.45. The molecule has 0 bridgehead atoms. The Balaban J connectivity index is 1.48. The molecule has 1 saturated carbocycles. The minimum absolute atomic E-state index is 0.00111. The van der Waals surface area contributed by atoms with Gasteiger partial charge in [-0.25, -0.2) is 9.59 Å². The van der Waals surface area contributed by atoms with Gasteiger partial charge in [-0.05, 0) is 61.7 Å². The van der Waals surface area contributed by atoms with Crippen molar-refractivity contribution in [2.24, 2.45) is 0 Å². The molecular formula is C28H29ClF3N7O6. The van der Waals surface area contributed by atoms with E-state index in [4.69, 9.17) is 21.1 Å². The van der Waals surface area contributed by atoms with Crippen molar-refractivity contribution < 1.29 is 41.8 Å². The van der Waals surface area contributed by atoms with Crippen LogP contribution in [-0.2, 0) is 29.4 Å². The third-order valence-electron chi connectivity index (χ3n) is 6.37. The van der Waals surface area contributed by atoms with E-state index in [2.05, 4.69) is 41.0 Å². The van der Waals surface area contributed by atoms with Crippen LogP contribution in [0.15, 0.2) is 48.5 Å². The molecule has 1 aliphatic carbocycles. The van der Waals surface area contributed by atoms with Gasteiger partial charge in [-0.2, -0.15) is 28.1 Å². The number of carbonyl (C=O) groups excluding carboxylic acids is 3. The van der Waals surface area contributed by atoms with Crippen LogP contribution in [-0.4, -0.2) is 71.9 Å². The van der Waals surface area contributed by atoms with E-state index in [0.717, 1.165) is 18.4 Å². The number of halogens is 4. The molecule has 1 amide bonds. The second kappa shape index (κ2) is 14.3. The molecule has 1 heterocycles. The molecule has 1 aliphatic rings. The van der Waals surface area contributed by atoms with Gasteiger partial charge in [0, 0.05) is 22.9 Å². The van der Waals surface area contributed by atoms with Crippen LogP contribution in [0.3, 0.4) is 0 Å². The van der Waals surface area contributed by atoms with Crippen molar-refractivity contribution in [3.63, 3.8) is 0 Å². The van der Waals surface area contributed by atoms with E-state index < -0.39 is 48.2 Å². The highest BCUT2D eigenvalue weighted by Crippen LogP contribution is 2.48. The summed E-state index contributed by atoms with van der Waals surface area (Å²) in [5, 5.41) is 11.9. The number of nitrogens with one attached hydrogen (secondary N) is 4. The number of methoxy groups -OCH3 is 1. The number of esters is 2. The van der Waals surface area contributed by atoms with Gasteiger partial charge in [-0.3, -0.25) is 4.79 Å². The smallest absolute Gasteiger partial charge is 0.422 e. The quantitative estimate of drug-likeness (QED) is 0.156. The first kappa shape index (κ1) is 33.0. The van der Waals surface area contributed by atoms with Gasteiger partial charge >= 0.3 is 30.0 Å². The first-order valence-corrected chi connectivity index (χ1v) is 13.9. The Kier molecular flexibility index (Phi) is 10.5. The fourth-order valence-corrected chi connectivity index (χ4v) is 4.18. The number of anilines is 4. The van der Waals surface area contributed by atoms with E-state index in [0.29, 0.717) is 16.4 Å². The van der Waals surface area contributed by atoms with Crippen molar-refractivity contribution in [1.82, 2.24) is 20.3 Å². The summed E-state index contributed by atoms with van der Waals surface area (Å²) < 4.78 is 52.8. The van der Waals surface area contributed by atoms with Gasteiger partial charge < -0.3 is 35.5 Å². The molecule has 240 valence electrons. The Morgan fingerprint density at radius 1 is 0.978 bits per heavy atom. The molecule has 1 atom stereocenters. The number of alkyl halides is 3. The lowest BCUT2D eigenvalue weighted by molar-refractivity contribution is -0.154. The summed E-state index contributed by atoms with van der Waals surface area (Å²) in [6, 6.07) is 11.9. The minimum Gasteiger partial charge on any atom is -0.467 e. The number of rotatable bonds is 13.